The monoisotopic (exact) mass is 273 g/mol. The Balaban J connectivity index is 2.96. The number of carboxylic acid groups (broad SMARTS) is 1. The second kappa shape index (κ2) is 5.67. The average molecular weight is 274 g/mol. The maximum Gasteiger partial charge on any atom is 0.317 e. The fourth-order valence-electron chi connectivity index (χ4n) is 1.57. The van der Waals surface area contributed by atoms with Gasteiger partial charge < -0.3 is 5.11 Å². The first-order valence-corrected chi connectivity index (χ1v) is 5.99. The molecule has 0 saturated carbocycles. The molecule has 0 bridgehead atoms. The number of carbonyl (C=O) groups is 1. The SMILES string of the molecule is CC(C)(C)N(CC(=O)O)Cc1cccc(Cl)c1F. The summed E-state index contributed by atoms with van der Waals surface area (Å²) in [5, 5.41) is 8.94. The highest BCUT2D eigenvalue weighted by Crippen LogP contribution is 2.22. The van der Waals surface area contributed by atoms with Gasteiger partial charge in [0.1, 0.15) is 5.82 Å². The molecule has 100 valence electrons. The first kappa shape index (κ1) is 14.9. The van der Waals surface area contributed by atoms with Gasteiger partial charge in [-0.05, 0) is 26.8 Å². The van der Waals surface area contributed by atoms with Crippen molar-refractivity contribution in [3.63, 3.8) is 0 Å². The Bertz CT molecular complexity index is 443. The van der Waals surface area contributed by atoms with Gasteiger partial charge in [-0.25, -0.2) is 4.39 Å². The Morgan fingerprint density at radius 2 is 2.06 bits per heavy atom. The fraction of sp³-hybridized carbons (Fsp3) is 0.462. The minimum absolute atomic E-state index is 0.0525. The number of hydrogen-bond donors (Lipinski definition) is 1. The van der Waals surface area contributed by atoms with Crippen LogP contribution in [0.15, 0.2) is 18.2 Å². The number of halogens is 2. The maximum absolute atomic E-state index is 13.8. The van der Waals surface area contributed by atoms with E-state index in [0.717, 1.165) is 0 Å². The van der Waals surface area contributed by atoms with Crippen LogP contribution in [-0.2, 0) is 11.3 Å². The molecule has 0 saturated heterocycles. The van der Waals surface area contributed by atoms with Crippen LogP contribution in [-0.4, -0.2) is 28.1 Å². The van der Waals surface area contributed by atoms with Crippen LogP contribution in [0.3, 0.4) is 0 Å². The molecule has 0 aliphatic rings. The summed E-state index contributed by atoms with van der Waals surface area (Å²) < 4.78 is 13.8. The molecule has 0 radical (unpaired) electrons. The van der Waals surface area contributed by atoms with Crippen molar-refractivity contribution in [1.29, 1.82) is 0 Å². The van der Waals surface area contributed by atoms with Crippen molar-refractivity contribution < 1.29 is 14.3 Å². The normalized spacial score (nSPS) is 11.9. The number of aliphatic carboxylic acids is 1. The van der Waals surface area contributed by atoms with Gasteiger partial charge in [-0.1, -0.05) is 23.7 Å². The zero-order valence-corrected chi connectivity index (χ0v) is 11.5. The summed E-state index contributed by atoms with van der Waals surface area (Å²) in [4.78, 5) is 12.5. The third-order valence-electron chi connectivity index (χ3n) is 2.67. The highest BCUT2D eigenvalue weighted by atomic mass is 35.5. The Morgan fingerprint density at radius 3 is 2.56 bits per heavy atom. The van der Waals surface area contributed by atoms with Crippen LogP contribution >= 0.6 is 11.6 Å². The lowest BCUT2D eigenvalue weighted by molar-refractivity contribution is -0.139. The zero-order chi connectivity index (χ0) is 13.9. The molecule has 1 aromatic rings. The third kappa shape index (κ3) is 3.96. The summed E-state index contributed by atoms with van der Waals surface area (Å²) in [7, 11) is 0. The quantitative estimate of drug-likeness (QED) is 0.916. The molecule has 0 aliphatic heterocycles. The second-order valence-electron chi connectivity index (χ2n) is 5.13. The molecule has 3 nitrogen and oxygen atoms in total. The number of hydrogen-bond acceptors (Lipinski definition) is 2. The van der Waals surface area contributed by atoms with E-state index in [0.29, 0.717) is 5.56 Å². The van der Waals surface area contributed by atoms with Crippen molar-refractivity contribution in [2.75, 3.05) is 6.54 Å². The van der Waals surface area contributed by atoms with Crippen LogP contribution in [0.2, 0.25) is 5.02 Å². The van der Waals surface area contributed by atoms with E-state index in [2.05, 4.69) is 0 Å². The first-order chi connectivity index (χ1) is 8.21. The van der Waals surface area contributed by atoms with Gasteiger partial charge in [-0.15, -0.1) is 0 Å². The van der Waals surface area contributed by atoms with Crippen LogP contribution in [0.25, 0.3) is 0 Å². The van der Waals surface area contributed by atoms with E-state index in [-0.39, 0.29) is 23.7 Å². The molecule has 0 amide bonds. The molecule has 0 atom stereocenters. The van der Waals surface area contributed by atoms with Crippen molar-refractivity contribution >= 4 is 17.6 Å². The zero-order valence-electron chi connectivity index (χ0n) is 10.7. The second-order valence-corrected chi connectivity index (χ2v) is 5.54. The Labute approximate surface area is 111 Å². The Hall–Kier alpha value is -1.13. The number of rotatable bonds is 4. The largest absolute Gasteiger partial charge is 0.480 e. The van der Waals surface area contributed by atoms with E-state index in [4.69, 9.17) is 16.7 Å². The molecule has 1 rings (SSSR count). The molecule has 0 aromatic heterocycles. The van der Waals surface area contributed by atoms with Crippen LogP contribution in [0.4, 0.5) is 4.39 Å². The topological polar surface area (TPSA) is 40.5 Å². The lowest BCUT2D eigenvalue weighted by Crippen LogP contribution is -2.44. The van der Waals surface area contributed by atoms with Gasteiger partial charge in [0.2, 0.25) is 0 Å². The van der Waals surface area contributed by atoms with Crippen LogP contribution in [0.1, 0.15) is 26.3 Å². The molecule has 1 aromatic carbocycles. The molecular formula is C13H17ClFNO2. The van der Waals surface area contributed by atoms with Crippen molar-refractivity contribution in [2.24, 2.45) is 0 Å². The van der Waals surface area contributed by atoms with E-state index in [1.165, 1.54) is 6.07 Å². The van der Waals surface area contributed by atoms with Crippen LogP contribution < -0.4 is 0 Å². The molecule has 0 heterocycles. The van der Waals surface area contributed by atoms with E-state index in [1.807, 2.05) is 20.8 Å². The summed E-state index contributed by atoms with van der Waals surface area (Å²) >= 11 is 5.71. The molecule has 0 fully saturated rings. The van der Waals surface area contributed by atoms with Gasteiger partial charge >= 0.3 is 5.97 Å². The summed E-state index contributed by atoms with van der Waals surface area (Å²) in [5.74, 6) is -1.42. The standard InChI is InChI=1S/C13H17ClFNO2/c1-13(2,3)16(8-11(17)18)7-9-5-4-6-10(14)12(9)15/h4-6H,7-8H2,1-3H3,(H,17,18). The summed E-state index contributed by atoms with van der Waals surface area (Å²) in [5.41, 5.74) is 0.0336. The molecule has 5 heteroatoms. The smallest absolute Gasteiger partial charge is 0.317 e. The van der Waals surface area contributed by atoms with Crippen molar-refractivity contribution in [3.05, 3.63) is 34.6 Å². The first-order valence-electron chi connectivity index (χ1n) is 5.61. The predicted molar refractivity (Wildman–Crippen MR) is 69.2 cm³/mol. The van der Waals surface area contributed by atoms with Crippen molar-refractivity contribution in [1.82, 2.24) is 4.90 Å². The van der Waals surface area contributed by atoms with Crippen LogP contribution in [0, 0.1) is 5.82 Å². The summed E-state index contributed by atoms with van der Waals surface area (Å²) in [6, 6.07) is 4.74. The van der Waals surface area contributed by atoms with Gasteiger partial charge in [0, 0.05) is 17.6 Å². The Morgan fingerprint density at radius 1 is 1.44 bits per heavy atom. The maximum atomic E-state index is 13.8. The fourth-order valence-corrected chi connectivity index (χ4v) is 1.76. The lowest BCUT2D eigenvalue weighted by atomic mass is 10.0. The molecule has 1 N–H and O–H groups in total. The van der Waals surface area contributed by atoms with Crippen molar-refractivity contribution in [3.8, 4) is 0 Å². The van der Waals surface area contributed by atoms with Gasteiger partial charge in [0.25, 0.3) is 0 Å². The predicted octanol–water partition coefficient (Wildman–Crippen LogP) is 3.16. The van der Waals surface area contributed by atoms with Crippen molar-refractivity contribution in [2.45, 2.75) is 32.9 Å². The minimum Gasteiger partial charge on any atom is -0.480 e. The highest BCUT2D eigenvalue weighted by molar-refractivity contribution is 6.30. The number of nitrogens with zero attached hydrogens (tertiary/aromatic N) is 1. The van der Waals surface area contributed by atoms with E-state index < -0.39 is 11.8 Å². The summed E-state index contributed by atoms with van der Waals surface area (Å²) in [6.07, 6.45) is 0. The van der Waals surface area contributed by atoms with Gasteiger partial charge in [-0.3, -0.25) is 9.69 Å². The Kier molecular flexibility index (Phi) is 4.71. The molecule has 0 spiro atoms. The van der Waals surface area contributed by atoms with Gasteiger partial charge in [0.15, 0.2) is 0 Å². The lowest BCUT2D eigenvalue weighted by Gasteiger charge is -2.34. The third-order valence-corrected chi connectivity index (χ3v) is 2.96. The van der Waals surface area contributed by atoms with E-state index in [9.17, 15) is 9.18 Å². The molecular weight excluding hydrogens is 257 g/mol. The summed E-state index contributed by atoms with van der Waals surface area (Å²) in [6.45, 7) is 5.73. The highest BCUT2D eigenvalue weighted by Gasteiger charge is 2.24. The van der Waals surface area contributed by atoms with E-state index >= 15 is 0 Å². The molecule has 0 aliphatic carbocycles. The molecule has 0 unspecified atom stereocenters. The minimum atomic E-state index is -0.938. The molecule has 18 heavy (non-hydrogen) atoms. The van der Waals surface area contributed by atoms with Crippen LogP contribution in [0.5, 0.6) is 0 Å². The number of benzene rings is 1. The van der Waals surface area contributed by atoms with Gasteiger partial charge in [-0.2, -0.15) is 0 Å². The average Bonchev–Trinajstić information content (AvgIpc) is 2.21. The van der Waals surface area contributed by atoms with Gasteiger partial charge in [0.05, 0.1) is 11.6 Å². The van der Waals surface area contributed by atoms with E-state index in [1.54, 1.807) is 17.0 Å². The number of carboxylic acids is 1.